The topological polar surface area (TPSA) is 56.3 Å². The number of nitrogens with one attached hydrogen (secondary N) is 2. The normalized spacial score (nSPS) is 21.0. The van der Waals surface area contributed by atoms with Crippen LogP contribution in [0.5, 0.6) is 0 Å². The molecule has 27 heavy (non-hydrogen) atoms. The molecule has 2 aliphatic rings. The molecule has 2 aliphatic heterocycles. The lowest BCUT2D eigenvalue weighted by atomic mass is 9.99. The number of piperidine rings is 2. The molecule has 0 aliphatic carbocycles. The maximum Gasteiger partial charge on any atom is 0.232 e. The van der Waals surface area contributed by atoms with Crippen molar-refractivity contribution in [2.75, 3.05) is 47.8 Å². The van der Waals surface area contributed by atoms with Crippen molar-refractivity contribution in [2.45, 2.75) is 39.5 Å². The molecule has 0 bridgehead atoms. The Labute approximate surface area is 168 Å². The molecule has 0 saturated carbocycles. The van der Waals surface area contributed by atoms with E-state index in [4.69, 9.17) is 22.2 Å². The molecule has 6 nitrogen and oxygen atoms in total. The average Bonchev–Trinajstić information content (AvgIpc) is 2.66. The first kappa shape index (κ1) is 19.9. The van der Waals surface area contributed by atoms with Gasteiger partial charge < -0.3 is 20.4 Å². The fraction of sp³-hybridized carbons (Fsp3) is 0.650. The summed E-state index contributed by atoms with van der Waals surface area (Å²) < 4.78 is 0. The third-order valence-electron chi connectivity index (χ3n) is 5.42. The van der Waals surface area contributed by atoms with Gasteiger partial charge in [0.25, 0.3) is 0 Å². The van der Waals surface area contributed by atoms with E-state index < -0.39 is 0 Å². The molecule has 2 N–H and O–H groups in total. The number of aromatic nitrogens is 2. The molecule has 3 heterocycles. The van der Waals surface area contributed by atoms with Crippen LogP contribution < -0.4 is 20.4 Å². The van der Waals surface area contributed by atoms with Crippen LogP contribution in [0.2, 0.25) is 0 Å². The summed E-state index contributed by atoms with van der Waals surface area (Å²) in [5, 5.41) is 6.76. The third-order valence-corrected chi connectivity index (χ3v) is 5.67. The van der Waals surface area contributed by atoms with Crippen molar-refractivity contribution in [2.24, 2.45) is 11.8 Å². The zero-order valence-corrected chi connectivity index (χ0v) is 17.4. The lowest BCUT2D eigenvalue weighted by Crippen LogP contribution is -2.37. The predicted molar refractivity (Wildman–Crippen MR) is 118 cm³/mol. The molecule has 1 atom stereocenters. The Morgan fingerprint density at radius 2 is 1.85 bits per heavy atom. The van der Waals surface area contributed by atoms with E-state index in [2.05, 4.69) is 46.9 Å². The van der Waals surface area contributed by atoms with Gasteiger partial charge in [-0.2, -0.15) is 9.97 Å². The summed E-state index contributed by atoms with van der Waals surface area (Å²) in [6.45, 7) is 13.2. The van der Waals surface area contributed by atoms with E-state index in [9.17, 15) is 0 Å². The van der Waals surface area contributed by atoms with Crippen LogP contribution in [-0.4, -0.2) is 47.8 Å². The lowest BCUT2D eigenvalue weighted by molar-refractivity contribution is 0.435. The van der Waals surface area contributed by atoms with E-state index in [0.717, 1.165) is 43.7 Å². The van der Waals surface area contributed by atoms with Gasteiger partial charge in [-0.1, -0.05) is 19.9 Å². The molecule has 0 spiro atoms. The van der Waals surface area contributed by atoms with Crippen LogP contribution in [0.4, 0.5) is 17.6 Å². The van der Waals surface area contributed by atoms with E-state index in [1.807, 2.05) is 0 Å². The second kappa shape index (κ2) is 9.35. The first-order chi connectivity index (χ1) is 13.0. The van der Waals surface area contributed by atoms with E-state index in [0.29, 0.717) is 23.5 Å². The van der Waals surface area contributed by atoms with Gasteiger partial charge in [0.05, 0.1) is 0 Å². The first-order valence-corrected chi connectivity index (χ1v) is 10.5. The van der Waals surface area contributed by atoms with Crippen LogP contribution in [0, 0.1) is 11.8 Å². The fourth-order valence-corrected chi connectivity index (χ4v) is 3.92. The van der Waals surface area contributed by atoms with Gasteiger partial charge in [0.2, 0.25) is 5.95 Å². The highest BCUT2D eigenvalue weighted by molar-refractivity contribution is 7.80. The van der Waals surface area contributed by atoms with Crippen molar-refractivity contribution >= 4 is 34.9 Å². The molecule has 2 fully saturated rings. The number of anilines is 3. The SMILES string of the molecule is C=CCNC(=S)Nc1nc(N2CCC(C)CC2)cc(N2CCCC(C)C2)n1. The van der Waals surface area contributed by atoms with Gasteiger partial charge in [-0.05, 0) is 49.7 Å². The average molecular weight is 389 g/mol. The standard InChI is InChI=1S/C20H32N6S/c1-4-9-21-20(27)24-19-22-17(25-11-7-15(2)8-12-25)13-18(23-19)26-10-5-6-16(3)14-26/h4,13,15-16H,1,5-12,14H2,2-3H3,(H2,21,22,23,24,27). The van der Waals surface area contributed by atoms with Crippen molar-refractivity contribution in [1.82, 2.24) is 15.3 Å². The second-order valence-electron chi connectivity index (χ2n) is 7.89. The number of hydrogen-bond donors (Lipinski definition) is 2. The Morgan fingerprint density at radius 1 is 1.15 bits per heavy atom. The van der Waals surface area contributed by atoms with Crippen LogP contribution >= 0.6 is 12.2 Å². The summed E-state index contributed by atoms with van der Waals surface area (Å²) in [5.74, 6) is 4.05. The largest absolute Gasteiger partial charge is 0.359 e. The monoisotopic (exact) mass is 388 g/mol. The quantitative estimate of drug-likeness (QED) is 0.592. The molecule has 0 amide bonds. The lowest BCUT2D eigenvalue weighted by Gasteiger charge is -2.34. The summed E-state index contributed by atoms with van der Waals surface area (Å²) in [4.78, 5) is 14.3. The highest BCUT2D eigenvalue weighted by atomic mass is 32.1. The Hall–Kier alpha value is -1.89. The highest BCUT2D eigenvalue weighted by Crippen LogP contribution is 2.28. The molecule has 2 saturated heterocycles. The molecule has 3 rings (SSSR count). The third kappa shape index (κ3) is 5.54. The summed E-state index contributed by atoms with van der Waals surface area (Å²) >= 11 is 5.36. The number of nitrogens with zero attached hydrogens (tertiary/aromatic N) is 4. The maximum atomic E-state index is 5.36. The molecule has 1 aromatic rings. The maximum absolute atomic E-state index is 5.36. The number of rotatable bonds is 5. The minimum Gasteiger partial charge on any atom is -0.359 e. The Morgan fingerprint density at radius 3 is 2.52 bits per heavy atom. The van der Waals surface area contributed by atoms with Crippen LogP contribution in [0.3, 0.4) is 0 Å². The van der Waals surface area contributed by atoms with E-state index in [1.165, 1.54) is 25.7 Å². The summed E-state index contributed by atoms with van der Waals surface area (Å²) in [6, 6.07) is 2.15. The zero-order valence-electron chi connectivity index (χ0n) is 16.6. The number of thiocarbonyl (C=S) groups is 1. The van der Waals surface area contributed by atoms with Crippen LogP contribution in [0.1, 0.15) is 39.5 Å². The van der Waals surface area contributed by atoms with Crippen molar-refractivity contribution in [3.63, 3.8) is 0 Å². The van der Waals surface area contributed by atoms with Gasteiger partial charge in [0.15, 0.2) is 5.11 Å². The molecule has 148 valence electrons. The molecule has 0 aromatic carbocycles. The van der Waals surface area contributed by atoms with Gasteiger partial charge in [-0.3, -0.25) is 0 Å². The van der Waals surface area contributed by atoms with Crippen LogP contribution in [-0.2, 0) is 0 Å². The van der Waals surface area contributed by atoms with Crippen LogP contribution in [0.25, 0.3) is 0 Å². The molecule has 1 aromatic heterocycles. The minimum atomic E-state index is 0.525. The summed E-state index contributed by atoms with van der Waals surface area (Å²) in [5.41, 5.74) is 0. The highest BCUT2D eigenvalue weighted by Gasteiger charge is 2.22. The van der Waals surface area contributed by atoms with Crippen LogP contribution in [0.15, 0.2) is 18.7 Å². The van der Waals surface area contributed by atoms with Crippen molar-refractivity contribution in [3.05, 3.63) is 18.7 Å². The number of hydrogen-bond acceptors (Lipinski definition) is 5. The molecular weight excluding hydrogens is 356 g/mol. The van der Waals surface area contributed by atoms with Gasteiger partial charge in [0, 0.05) is 38.8 Å². The summed E-state index contributed by atoms with van der Waals surface area (Å²) in [6.07, 6.45) is 6.70. The van der Waals surface area contributed by atoms with Gasteiger partial charge in [-0.25, -0.2) is 0 Å². The van der Waals surface area contributed by atoms with E-state index >= 15 is 0 Å². The van der Waals surface area contributed by atoms with Crippen molar-refractivity contribution < 1.29 is 0 Å². The Balaban J connectivity index is 1.82. The molecular formula is C20H32N6S. The fourth-order valence-electron chi connectivity index (χ4n) is 3.75. The summed E-state index contributed by atoms with van der Waals surface area (Å²) in [7, 11) is 0. The molecule has 0 radical (unpaired) electrons. The van der Waals surface area contributed by atoms with Crippen molar-refractivity contribution in [3.8, 4) is 0 Å². The Kier molecular flexibility index (Phi) is 6.88. The second-order valence-corrected chi connectivity index (χ2v) is 8.30. The van der Waals surface area contributed by atoms with Crippen molar-refractivity contribution in [1.29, 1.82) is 0 Å². The van der Waals surface area contributed by atoms with Gasteiger partial charge in [-0.15, -0.1) is 6.58 Å². The Bertz CT molecular complexity index is 656. The molecule has 7 heteroatoms. The molecule has 1 unspecified atom stereocenters. The first-order valence-electron chi connectivity index (χ1n) is 10.1. The van der Waals surface area contributed by atoms with E-state index in [-0.39, 0.29) is 0 Å². The van der Waals surface area contributed by atoms with Gasteiger partial charge >= 0.3 is 0 Å². The smallest absolute Gasteiger partial charge is 0.232 e. The minimum absolute atomic E-state index is 0.525. The van der Waals surface area contributed by atoms with E-state index in [1.54, 1.807) is 6.08 Å². The zero-order chi connectivity index (χ0) is 19.2. The van der Waals surface area contributed by atoms with Gasteiger partial charge in [0.1, 0.15) is 11.6 Å². The predicted octanol–water partition coefficient (Wildman–Crippen LogP) is 3.42.